The van der Waals surface area contributed by atoms with Crippen molar-refractivity contribution in [3.63, 3.8) is 0 Å². The second kappa shape index (κ2) is 7.47. The van der Waals surface area contributed by atoms with Crippen molar-refractivity contribution in [3.05, 3.63) is 71.4 Å². The Labute approximate surface area is 152 Å². The van der Waals surface area contributed by atoms with Gasteiger partial charge in [-0.2, -0.15) is 0 Å². The highest BCUT2D eigenvalue weighted by Gasteiger charge is 2.14. The van der Waals surface area contributed by atoms with Crippen LogP contribution in [0.15, 0.2) is 65.1 Å². The van der Waals surface area contributed by atoms with Crippen LogP contribution in [-0.4, -0.2) is 13.4 Å². The van der Waals surface area contributed by atoms with Crippen molar-refractivity contribution >= 4 is 21.4 Å². The Hall–Kier alpha value is -2.02. The summed E-state index contributed by atoms with van der Waals surface area (Å²) in [5, 5.41) is 2.01. The number of sulfonamides is 1. The van der Waals surface area contributed by atoms with Gasteiger partial charge in [-0.05, 0) is 46.7 Å². The third-order valence-corrected chi connectivity index (χ3v) is 6.26. The smallest absolute Gasteiger partial charge is 0.240 e. The molecule has 0 saturated carbocycles. The van der Waals surface area contributed by atoms with Crippen LogP contribution in [0.2, 0.25) is 0 Å². The van der Waals surface area contributed by atoms with Gasteiger partial charge in [-0.3, -0.25) is 4.98 Å². The molecule has 4 nitrogen and oxygen atoms in total. The van der Waals surface area contributed by atoms with Crippen LogP contribution in [0.1, 0.15) is 30.9 Å². The lowest BCUT2D eigenvalue weighted by molar-refractivity contribution is 0.581. The average Bonchev–Trinajstić information content (AvgIpc) is 3.15. The molecular weight excluding hydrogens is 352 g/mol. The molecule has 0 aliphatic rings. The summed E-state index contributed by atoms with van der Waals surface area (Å²) in [5.74, 6) is 0.371. The van der Waals surface area contributed by atoms with Crippen molar-refractivity contribution in [3.8, 4) is 10.4 Å². The fraction of sp³-hybridized carbons (Fsp3) is 0.211. The first kappa shape index (κ1) is 17.8. The van der Waals surface area contributed by atoms with Crippen LogP contribution >= 0.6 is 11.3 Å². The molecule has 2 aromatic heterocycles. The lowest BCUT2D eigenvalue weighted by Crippen LogP contribution is -2.23. The van der Waals surface area contributed by atoms with Gasteiger partial charge in [0.25, 0.3) is 0 Å². The molecule has 0 bridgehead atoms. The van der Waals surface area contributed by atoms with Gasteiger partial charge < -0.3 is 0 Å². The molecule has 0 aliphatic carbocycles. The summed E-state index contributed by atoms with van der Waals surface area (Å²) in [6.07, 6.45) is 3.47. The summed E-state index contributed by atoms with van der Waals surface area (Å²) in [6.45, 7) is 4.37. The van der Waals surface area contributed by atoms with E-state index in [1.165, 1.54) is 0 Å². The summed E-state index contributed by atoms with van der Waals surface area (Å²) in [4.78, 5) is 5.61. The highest BCUT2D eigenvalue weighted by Crippen LogP contribution is 2.24. The minimum atomic E-state index is -3.54. The van der Waals surface area contributed by atoms with Crippen LogP contribution in [0, 0.1) is 0 Å². The number of rotatable bonds is 6. The van der Waals surface area contributed by atoms with Crippen molar-refractivity contribution in [2.24, 2.45) is 0 Å². The lowest BCUT2D eigenvalue weighted by Gasteiger charge is -2.09. The minimum Gasteiger partial charge on any atom is -0.264 e. The molecule has 0 fully saturated rings. The van der Waals surface area contributed by atoms with E-state index in [0.29, 0.717) is 5.92 Å². The van der Waals surface area contributed by atoms with Crippen molar-refractivity contribution in [1.29, 1.82) is 0 Å². The molecule has 0 atom stereocenters. The Balaban J connectivity index is 1.73. The molecule has 3 aromatic rings. The Kier molecular flexibility index (Phi) is 5.32. The van der Waals surface area contributed by atoms with Crippen LogP contribution < -0.4 is 4.72 Å². The van der Waals surface area contributed by atoms with E-state index in [0.717, 1.165) is 21.6 Å². The topological polar surface area (TPSA) is 59.1 Å². The normalized spacial score (nSPS) is 11.8. The zero-order valence-corrected chi connectivity index (χ0v) is 15.8. The molecule has 2 heterocycles. The number of thiophene rings is 1. The summed E-state index contributed by atoms with van der Waals surface area (Å²) in [7, 11) is -3.54. The van der Waals surface area contributed by atoms with Gasteiger partial charge in [-0.1, -0.05) is 32.0 Å². The van der Waals surface area contributed by atoms with E-state index in [4.69, 9.17) is 0 Å². The van der Waals surface area contributed by atoms with E-state index in [1.54, 1.807) is 35.9 Å². The largest absolute Gasteiger partial charge is 0.264 e. The Morgan fingerprint density at radius 3 is 2.52 bits per heavy atom. The van der Waals surface area contributed by atoms with Gasteiger partial charge in [0.2, 0.25) is 10.0 Å². The molecule has 0 radical (unpaired) electrons. The van der Waals surface area contributed by atoms with Crippen LogP contribution in [0.4, 0.5) is 0 Å². The number of nitrogens with one attached hydrogen (secondary N) is 1. The van der Waals surface area contributed by atoms with Crippen molar-refractivity contribution in [1.82, 2.24) is 9.71 Å². The van der Waals surface area contributed by atoms with E-state index in [2.05, 4.69) is 23.6 Å². The molecule has 0 amide bonds. The van der Waals surface area contributed by atoms with Gasteiger partial charge in [0.15, 0.2) is 0 Å². The van der Waals surface area contributed by atoms with Gasteiger partial charge >= 0.3 is 0 Å². The average molecular weight is 373 g/mol. The molecule has 25 heavy (non-hydrogen) atoms. The third kappa shape index (κ3) is 4.34. The Morgan fingerprint density at radius 1 is 1.12 bits per heavy atom. The first-order valence-electron chi connectivity index (χ1n) is 8.03. The van der Waals surface area contributed by atoms with E-state index in [-0.39, 0.29) is 11.4 Å². The van der Waals surface area contributed by atoms with E-state index >= 15 is 0 Å². The van der Waals surface area contributed by atoms with Crippen molar-refractivity contribution < 1.29 is 8.42 Å². The molecule has 1 aromatic carbocycles. The minimum absolute atomic E-state index is 0.209. The van der Waals surface area contributed by atoms with Crippen molar-refractivity contribution in [2.45, 2.75) is 31.2 Å². The van der Waals surface area contributed by atoms with Gasteiger partial charge in [-0.25, -0.2) is 13.1 Å². The summed E-state index contributed by atoms with van der Waals surface area (Å²) >= 11 is 1.63. The van der Waals surface area contributed by atoms with E-state index in [9.17, 15) is 8.42 Å². The van der Waals surface area contributed by atoms with Crippen LogP contribution in [0.3, 0.4) is 0 Å². The molecule has 0 unspecified atom stereocenters. The first-order valence-corrected chi connectivity index (χ1v) is 10.4. The fourth-order valence-electron chi connectivity index (χ4n) is 2.46. The van der Waals surface area contributed by atoms with Gasteiger partial charge in [0.1, 0.15) is 0 Å². The monoisotopic (exact) mass is 372 g/mol. The molecule has 0 saturated heterocycles. The molecule has 3 rings (SSSR count). The number of hydrogen-bond donors (Lipinski definition) is 1. The molecule has 1 N–H and O–H groups in total. The Morgan fingerprint density at radius 2 is 1.88 bits per heavy atom. The Bertz CT molecular complexity index is 932. The maximum absolute atomic E-state index is 12.5. The molecule has 0 spiro atoms. The number of pyridine rings is 1. The summed E-state index contributed by atoms with van der Waals surface area (Å²) in [5.41, 5.74) is 2.94. The first-order chi connectivity index (χ1) is 12.0. The molecule has 6 heteroatoms. The molecule has 0 aliphatic heterocycles. The SMILES string of the molecule is CC(C)c1ccc(S(=O)(=O)NCc2cncc(-c3cccs3)c2)cc1. The fourth-order valence-corrected chi connectivity index (χ4v) is 4.18. The molecular formula is C19H20N2O2S2. The maximum Gasteiger partial charge on any atom is 0.240 e. The third-order valence-electron chi connectivity index (χ3n) is 3.92. The summed E-state index contributed by atoms with van der Waals surface area (Å²) in [6, 6.07) is 13.0. The lowest BCUT2D eigenvalue weighted by atomic mass is 10.0. The maximum atomic E-state index is 12.5. The predicted molar refractivity (Wildman–Crippen MR) is 102 cm³/mol. The predicted octanol–water partition coefficient (Wildman–Crippen LogP) is 4.41. The zero-order chi connectivity index (χ0) is 17.9. The van der Waals surface area contributed by atoms with Crippen LogP contribution in [0.5, 0.6) is 0 Å². The number of aromatic nitrogens is 1. The number of benzene rings is 1. The zero-order valence-electron chi connectivity index (χ0n) is 14.1. The number of hydrogen-bond acceptors (Lipinski definition) is 4. The van der Waals surface area contributed by atoms with Gasteiger partial charge in [0, 0.05) is 29.4 Å². The van der Waals surface area contributed by atoms with E-state index in [1.807, 2.05) is 35.7 Å². The standard InChI is InChI=1S/C19H20N2O2S2/c1-14(2)16-5-7-18(8-6-16)25(22,23)21-12-15-10-17(13-20-11-15)19-4-3-9-24-19/h3-11,13-14,21H,12H2,1-2H3. The van der Waals surface area contributed by atoms with E-state index < -0.39 is 10.0 Å². The van der Waals surface area contributed by atoms with Crippen LogP contribution in [0.25, 0.3) is 10.4 Å². The second-order valence-electron chi connectivity index (χ2n) is 6.11. The summed E-state index contributed by atoms with van der Waals surface area (Å²) < 4.78 is 27.6. The molecule has 130 valence electrons. The van der Waals surface area contributed by atoms with Crippen molar-refractivity contribution in [2.75, 3.05) is 0 Å². The van der Waals surface area contributed by atoms with Gasteiger partial charge in [0.05, 0.1) is 4.90 Å². The second-order valence-corrected chi connectivity index (χ2v) is 8.82. The number of nitrogens with zero attached hydrogens (tertiary/aromatic N) is 1. The highest BCUT2D eigenvalue weighted by molar-refractivity contribution is 7.89. The van der Waals surface area contributed by atoms with Gasteiger partial charge in [-0.15, -0.1) is 11.3 Å². The highest BCUT2D eigenvalue weighted by atomic mass is 32.2. The quantitative estimate of drug-likeness (QED) is 0.697. The van der Waals surface area contributed by atoms with Crippen LogP contribution in [-0.2, 0) is 16.6 Å².